The zero-order valence-electron chi connectivity index (χ0n) is 12.6. The molecule has 0 aliphatic carbocycles. The summed E-state index contributed by atoms with van der Waals surface area (Å²) in [6.45, 7) is 1.49. The van der Waals surface area contributed by atoms with Gasteiger partial charge in [-0.05, 0) is 17.7 Å². The Bertz CT molecular complexity index is 665. The van der Waals surface area contributed by atoms with Crippen LogP contribution >= 0.6 is 0 Å². The molecule has 120 valence electrons. The zero-order chi connectivity index (χ0) is 16.1. The largest absolute Gasteiger partial charge is 0.506 e. The highest BCUT2D eigenvalue weighted by atomic mass is 16.5. The van der Waals surface area contributed by atoms with Crippen LogP contribution in [-0.4, -0.2) is 45.2 Å². The van der Waals surface area contributed by atoms with Crippen LogP contribution in [-0.2, 0) is 6.54 Å². The van der Waals surface area contributed by atoms with E-state index in [1.165, 1.54) is 6.20 Å². The van der Waals surface area contributed by atoms with Crippen molar-refractivity contribution in [3.8, 4) is 11.6 Å². The predicted octanol–water partition coefficient (Wildman–Crippen LogP) is 1.55. The molecule has 0 radical (unpaired) electrons. The fraction of sp³-hybridized carbons (Fsp3) is 0.312. The van der Waals surface area contributed by atoms with Crippen LogP contribution in [0.1, 0.15) is 12.0 Å². The van der Waals surface area contributed by atoms with Gasteiger partial charge in [-0.3, -0.25) is 4.98 Å². The van der Waals surface area contributed by atoms with Crippen molar-refractivity contribution in [2.24, 2.45) is 0 Å². The van der Waals surface area contributed by atoms with Crippen LogP contribution in [0.25, 0.3) is 0 Å². The maximum atomic E-state index is 12.2. The maximum absolute atomic E-state index is 12.2. The molecular weight excluding hydrogens is 296 g/mol. The first-order valence-electron chi connectivity index (χ1n) is 7.44. The second kappa shape index (κ2) is 6.95. The van der Waals surface area contributed by atoms with Gasteiger partial charge in [-0.2, -0.15) is 0 Å². The first-order chi connectivity index (χ1) is 11.2. The molecule has 3 heterocycles. The molecule has 2 aromatic heterocycles. The van der Waals surface area contributed by atoms with Crippen LogP contribution in [0.2, 0.25) is 0 Å². The quantitative estimate of drug-likeness (QED) is 0.894. The summed E-state index contributed by atoms with van der Waals surface area (Å²) in [4.78, 5) is 21.9. The molecule has 7 heteroatoms. The Balaban J connectivity index is 1.47. The molecule has 1 atom stereocenters. The van der Waals surface area contributed by atoms with Crippen LogP contribution in [0.3, 0.4) is 0 Å². The maximum Gasteiger partial charge on any atom is 0.317 e. The Morgan fingerprint density at radius 3 is 3.13 bits per heavy atom. The summed E-state index contributed by atoms with van der Waals surface area (Å²) in [6.07, 6.45) is 5.37. The fourth-order valence-electron chi connectivity index (χ4n) is 2.46. The third-order valence-corrected chi connectivity index (χ3v) is 3.58. The first-order valence-corrected chi connectivity index (χ1v) is 7.44. The highest BCUT2D eigenvalue weighted by Gasteiger charge is 2.27. The monoisotopic (exact) mass is 314 g/mol. The smallest absolute Gasteiger partial charge is 0.317 e. The average Bonchev–Trinajstić information content (AvgIpc) is 3.02. The van der Waals surface area contributed by atoms with Gasteiger partial charge in [-0.15, -0.1) is 0 Å². The lowest BCUT2D eigenvalue weighted by atomic mass is 10.3. The van der Waals surface area contributed by atoms with E-state index >= 15 is 0 Å². The van der Waals surface area contributed by atoms with Crippen molar-refractivity contribution in [1.29, 1.82) is 0 Å². The lowest BCUT2D eigenvalue weighted by Gasteiger charge is -2.17. The third-order valence-electron chi connectivity index (χ3n) is 3.58. The minimum atomic E-state index is -0.152. The molecule has 2 amide bonds. The Morgan fingerprint density at radius 1 is 1.43 bits per heavy atom. The highest BCUT2D eigenvalue weighted by molar-refractivity contribution is 5.74. The minimum Gasteiger partial charge on any atom is -0.506 e. The molecule has 0 saturated carbocycles. The number of nitrogens with zero attached hydrogens (tertiary/aromatic N) is 3. The van der Waals surface area contributed by atoms with Crippen LogP contribution in [0.4, 0.5) is 4.79 Å². The van der Waals surface area contributed by atoms with Crippen molar-refractivity contribution in [3.05, 3.63) is 48.4 Å². The summed E-state index contributed by atoms with van der Waals surface area (Å²) in [6, 6.07) is 6.92. The lowest BCUT2D eigenvalue weighted by molar-refractivity contribution is 0.183. The van der Waals surface area contributed by atoms with Gasteiger partial charge in [0.15, 0.2) is 0 Å². The van der Waals surface area contributed by atoms with Crippen LogP contribution < -0.4 is 10.1 Å². The topological polar surface area (TPSA) is 87.6 Å². The minimum absolute atomic E-state index is 0.0434. The number of pyridine rings is 2. The van der Waals surface area contributed by atoms with Crippen molar-refractivity contribution in [2.45, 2.75) is 19.1 Å². The van der Waals surface area contributed by atoms with Crippen LogP contribution in [0.15, 0.2) is 42.9 Å². The van der Waals surface area contributed by atoms with E-state index in [-0.39, 0.29) is 17.9 Å². The Hall–Kier alpha value is -2.83. The second-order valence-electron chi connectivity index (χ2n) is 5.35. The van der Waals surface area contributed by atoms with Crippen molar-refractivity contribution in [2.75, 3.05) is 13.1 Å². The molecule has 2 aromatic rings. The van der Waals surface area contributed by atoms with Crippen LogP contribution in [0, 0.1) is 0 Å². The Kier molecular flexibility index (Phi) is 4.56. The number of rotatable bonds is 4. The van der Waals surface area contributed by atoms with Crippen molar-refractivity contribution < 1.29 is 14.6 Å². The van der Waals surface area contributed by atoms with Gasteiger partial charge in [0.05, 0.1) is 12.7 Å². The van der Waals surface area contributed by atoms with E-state index in [0.29, 0.717) is 25.5 Å². The molecule has 3 rings (SSSR count). The molecule has 7 nitrogen and oxygen atoms in total. The molecular formula is C16H18N4O3. The number of nitrogens with one attached hydrogen (secondary N) is 1. The molecule has 0 spiro atoms. The molecule has 1 saturated heterocycles. The van der Waals surface area contributed by atoms with Gasteiger partial charge in [-0.25, -0.2) is 9.78 Å². The summed E-state index contributed by atoms with van der Waals surface area (Å²) < 4.78 is 5.76. The number of ether oxygens (including phenoxy) is 1. The van der Waals surface area contributed by atoms with E-state index in [9.17, 15) is 9.90 Å². The van der Waals surface area contributed by atoms with Crippen molar-refractivity contribution >= 4 is 6.03 Å². The summed E-state index contributed by atoms with van der Waals surface area (Å²) >= 11 is 0. The van der Waals surface area contributed by atoms with Gasteiger partial charge < -0.3 is 20.1 Å². The van der Waals surface area contributed by atoms with Crippen molar-refractivity contribution in [1.82, 2.24) is 20.2 Å². The number of amides is 2. The molecule has 0 bridgehead atoms. The molecule has 1 fully saturated rings. The average molecular weight is 314 g/mol. The molecule has 1 aliphatic rings. The number of likely N-dealkylation sites (tertiary alicyclic amines) is 1. The van der Waals surface area contributed by atoms with Crippen LogP contribution in [0.5, 0.6) is 11.6 Å². The Morgan fingerprint density at radius 2 is 2.35 bits per heavy atom. The first kappa shape index (κ1) is 15.1. The van der Waals surface area contributed by atoms with Gasteiger partial charge in [0, 0.05) is 38.0 Å². The highest BCUT2D eigenvalue weighted by Crippen LogP contribution is 2.16. The number of urea groups is 1. The number of aromatic nitrogens is 2. The summed E-state index contributed by atoms with van der Waals surface area (Å²) in [5.74, 6) is 0.660. The van der Waals surface area contributed by atoms with E-state index in [1.807, 2.05) is 12.1 Å². The number of hydrogen-bond acceptors (Lipinski definition) is 5. The lowest BCUT2D eigenvalue weighted by Crippen LogP contribution is -2.39. The Labute approximate surface area is 133 Å². The normalized spacial score (nSPS) is 17.0. The summed E-state index contributed by atoms with van der Waals surface area (Å²) in [5.41, 5.74) is 0.749. The van der Waals surface area contributed by atoms with E-state index < -0.39 is 0 Å². The van der Waals surface area contributed by atoms with E-state index in [1.54, 1.807) is 29.4 Å². The molecule has 0 aromatic carbocycles. The summed E-state index contributed by atoms with van der Waals surface area (Å²) in [5, 5.41) is 12.2. The molecule has 1 unspecified atom stereocenters. The molecule has 2 N–H and O–H groups in total. The van der Waals surface area contributed by atoms with Gasteiger partial charge in [-0.1, -0.05) is 6.07 Å². The number of carbonyl (C=O) groups excluding carboxylic acids is 1. The standard InChI is InChI=1S/C16H18N4O3/c21-13-7-12(8-17-10-13)9-19-16(22)20-6-4-14(11-20)23-15-3-1-2-5-18-15/h1-3,5,7-8,10,14,21H,4,6,9,11H2,(H,19,22). The van der Waals surface area contributed by atoms with E-state index in [4.69, 9.17) is 4.74 Å². The van der Waals surface area contributed by atoms with E-state index in [2.05, 4.69) is 15.3 Å². The zero-order valence-corrected chi connectivity index (χ0v) is 12.6. The van der Waals surface area contributed by atoms with Gasteiger partial charge in [0.25, 0.3) is 0 Å². The second-order valence-corrected chi connectivity index (χ2v) is 5.35. The molecule has 23 heavy (non-hydrogen) atoms. The molecule has 1 aliphatic heterocycles. The predicted molar refractivity (Wildman–Crippen MR) is 83.0 cm³/mol. The number of aromatic hydroxyl groups is 1. The van der Waals surface area contributed by atoms with Gasteiger partial charge in [0.2, 0.25) is 5.88 Å². The van der Waals surface area contributed by atoms with Gasteiger partial charge in [0.1, 0.15) is 11.9 Å². The SMILES string of the molecule is O=C(NCc1cncc(O)c1)N1CCC(Oc2ccccn2)C1. The summed E-state index contributed by atoms with van der Waals surface area (Å²) in [7, 11) is 0. The number of hydrogen-bond donors (Lipinski definition) is 2. The van der Waals surface area contributed by atoms with E-state index in [0.717, 1.165) is 12.0 Å². The third kappa shape index (κ3) is 4.09. The van der Waals surface area contributed by atoms with Crippen molar-refractivity contribution in [3.63, 3.8) is 0 Å². The fourth-order valence-corrected chi connectivity index (χ4v) is 2.46. The van der Waals surface area contributed by atoms with Gasteiger partial charge >= 0.3 is 6.03 Å². The number of carbonyl (C=O) groups is 1.